The van der Waals surface area contributed by atoms with Crippen LogP contribution in [-0.4, -0.2) is 221 Å². The number of para-hydroxylation sites is 2. The zero-order valence-electron chi connectivity index (χ0n) is 28.0. The molecule has 5 rings (SSSR count). The first-order chi connectivity index (χ1) is 25.6. The van der Waals surface area contributed by atoms with Gasteiger partial charge in [-0.1, -0.05) is 12.1 Å². The molecule has 4 aliphatic rings. The lowest BCUT2D eigenvalue weighted by Gasteiger charge is -2.47. The molecule has 4 fully saturated rings. The zero-order chi connectivity index (χ0) is 39.6. The van der Waals surface area contributed by atoms with Crippen molar-refractivity contribution < 1.29 is 109 Å². The van der Waals surface area contributed by atoms with Crippen LogP contribution < -0.4 is 4.74 Å². The van der Waals surface area contributed by atoms with E-state index < -0.39 is 160 Å². The largest absolute Gasteiger partial charge is 0.455 e. The molecule has 24 nitrogen and oxygen atoms in total. The van der Waals surface area contributed by atoms with Crippen LogP contribution >= 0.6 is 0 Å². The van der Waals surface area contributed by atoms with Crippen molar-refractivity contribution in [3.05, 3.63) is 34.4 Å². The van der Waals surface area contributed by atoms with E-state index in [0.717, 1.165) is 6.07 Å². The van der Waals surface area contributed by atoms with E-state index in [9.17, 15) is 76.5 Å². The predicted molar refractivity (Wildman–Crippen MR) is 165 cm³/mol. The molecule has 4 aliphatic heterocycles. The van der Waals surface area contributed by atoms with Crippen LogP contribution in [0.3, 0.4) is 0 Å². The summed E-state index contributed by atoms with van der Waals surface area (Å²) in [6.45, 7) is -3.36. The Hall–Kier alpha value is -2.38. The summed E-state index contributed by atoms with van der Waals surface area (Å²) in [5.41, 5.74) is -0.512. The fourth-order valence-corrected chi connectivity index (χ4v) is 6.34. The van der Waals surface area contributed by atoms with Gasteiger partial charge in [-0.05, 0) is 6.07 Å². The van der Waals surface area contributed by atoms with E-state index in [-0.39, 0.29) is 5.75 Å². The van der Waals surface area contributed by atoms with E-state index in [1.165, 1.54) is 18.2 Å². The fraction of sp³-hybridized carbons (Fsp3) is 0.800. The van der Waals surface area contributed by atoms with Crippen LogP contribution in [0, 0.1) is 10.1 Å². The van der Waals surface area contributed by atoms with Gasteiger partial charge in [0.2, 0.25) is 6.29 Å². The van der Waals surface area contributed by atoms with Crippen LogP contribution in [0.5, 0.6) is 5.75 Å². The van der Waals surface area contributed by atoms with Gasteiger partial charge in [0.1, 0.15) is 97.7 Å². The second-order valence-corrected chi connectivity index (χ2v) is 13.0. The standard InChI is InChI=1S/C30H45NO23/c32-5-11-15(35)19(39)21(41)28(50-11)53-25-17(37)12(6-33)49-27(23(25)43)47-8-14-16(36)20(40)22(42)29(52-14)54-26-18(38)13(7-34)51-30(24(26)44)48-10-4-2-1-3-9(10)31(45)46/h1-4,11-30,32-44H,5-8H2/t11-,12-,13-,14-,15-,16-,17-,18-,19+,20+,21-,22-,23-,24-,25+,26+,27-,28+,29+,30-/m1/s1. The number of rotatable bonds is 13. The number of benzene rings is 1. The molecule has 54 heavy (non-hydrogen) atoms. The number of aliphatic hydroxyl groups is 13. The summed E-state index contributed by atoms with van der Waals surface area (Å²) in [6.07, 6.45) is -36.3. The molecule has 4 heterocycles. The molecular formula is C30H45NO23. The minimum atomic E-state index is -2.05. The molecule has 13 N–H and O–H groups in total. The molecule has 20 atom stereocenters. The Kier molecular flexibility index (Phi) is 14.5. The van der Waals surface area contributed by atoms with Crippen molar-refractivity contribution in [3.63, 3.8) is 0 Å². The van der Waals surface area contributed by atoms with E-state index in [1.54, 1.807) is 0 Å². The summed E-state index contributed by atoms with van der Waals surface area (Å²) in [5, 5.41) is 147. The maximum absolute atomic E-state index is 11.5. The number of ether oxygens (including phenoxy) is 8. The van der Waals surface area contributed by atoms with E-state index in [2.05, 4.69) is 0 Å². The average Bonchev–Trinajstić information content (AvgIpc) is 3.16. The van der Waals surface area contributed by atoms with Crippen molar-refractivity contribution in [2.75, 3.05) is 26.4 Å². The summed E-state index contributed by atoms with van der Waals surface area (Å²) in [5.74, 6) is -0.355. The lowest BCUT2D eigenvalue weighted by atomic mass is 9.96. The first-order valence-corrected chi connectivity index (χ1v) is 16.7. The van der Waals surface area contributed by atoms with Crippen LogP contribution in [0.25, 0.3) is 0 Å². The molecule has 0 radical (unpaired) electrons. The number of hydrogen-bond donors (Lipinski definition) is 13. The quantitative estimate of drug-likeness (QED) is 0.0652. The maximum atomic E-state index is 11.5. The maximum Gasteiger partial charge on any atom is 0.311 e. The fourth-order valence-electron chi connectivity index (χ4n) is 6.34. The third-order valence-corrected chi connectivity index (χ3v) is 9.47. The van der Waals surface area contributed by atoms with E-state index >= 15 is 0 Å². The molecule has 24 heteroatoms. The SMILES string of the molecule is O=[N+]([O-])c1ccccc1O[C@@H]1O[C@H](CO)[C@@H](O)[C@H](O[C@@H]2O[C@H](CO[C@@H]3O[C@H](CO)[C@@H](O)[C@H](O[C@@H]4O[C@H](CO)[C@@H](O)[C@H](O)[C@H]4O)[C@H]3O)[C@@H](O)[C@H](O)[C@H]2O)[C@H]1O. The van der Waals surface area contributed by atoms with Crippen LogP contribution in [0.15, 0.2) is 24.3 Å². The Morgan fingerprint density at radius 3 is 1.48 bits per heavy atom. The van der Waals surface area contributed by atoms with Gasteiger partial charge in [0.25, 0.3) is 0 Å². The third kappa shape index (κ3) is 8.77. The molecule has 0 saturated carbocycles. The molecule has 0 spiro atoms. The van der Waals surface area contributed by atoms with Crippen molar-refractivity contribution >= 4 is 5.69 Å². The van der Waals surface area contributed by atoms with E-state index in [0.29, 0.717) is 0 Å². The molecule has 1 aromatic carbocycles. The second-order valence-electron chi connectivity index (χ2n) is 13.0. The topological polar surface area (TPSA) is 380 Å². The minimum absolute atomic E-state index is 0.355. The summed E-state index contributed by atoms with van der Waals surface area (Å²) < 4.78 is 43.9. The van der Waals surface area contributed by atoms with Gasteiger partial charge in [0.05, 0.1) is 31.4 Å². The summed E-state index contributed by atoms with van der Waals surface area (Å²) in [4.78, 5) is 10.7. The van der Waals surface area contributed by atoms with Crippen LogP contribution in [0.2, 0.25) is 0 Å². The lowest BCUT2D eigenvalue weighted by molar-refractivity contribution is -0.388. The van der Waals surface area contributed by atoms with Crippen molar-refractivity contribution in [3.8, 4) is 5.75 Å². The van der Waals surface area contributed by atoms with Crippen LogP contribution in [0.4, 0.5) is 5.69 Å². The molecular weight excluding hydrogens is 742 g/mol. The number of nitro groups is 1. The number of nitro benzene ring substituents is 1. The van der Waals surface area contributed by atoms with Crippen molar-refractivity contribution in [1.82, 2.24) is 0 Å². The van der Waals surface area contributed by atoms with Gasteiger partial charge in [-0.2, -0.15) is 0 Å². The Bertz CT molecular complexity index is 1360. The van der Waals surface area contributed by atoms with Crippen molar-refractivity contribution in [1.29, 1.82) is 0 Å². The van der Waals surface area contributed by atoms with Crippen molar-refractivity contribution in [2.45, 2.75) is 123 Å². The van der Waals surface area contributed by atoms with Crippen LogP contribution in [-0.2, 0) is 33.2 Å². The highest BCUT2D eigenvalue weighted by molar-refractivity contribution is 5.45. The van der Waals surface area contributed by atoms with Gasteiger partial charge in [0.15, 0.2) is 24.6 Å². The van der Waals surface area contributed by atoms with Crippen LogP contribution in [0.1, 0.15) is 0 Å². The smallest absolute Gasteiger partial charge is 0.311 e. The molecule has 0 aliphatic carbocycles. The van der Waals surface area contributed by atoms with Gasteiger partial charge >= 0.3 is 5.69 Å². The second kappa shape index (κ2) is 18.3. The lowest BCUT2D eigenvalue weighted by Crippen LogP contribution is -2.66. The Morgan fingerprint density at radius 2 is 0.963 bits per heavy atom. The summed E-state index contributed by atoms with van der Waals surface area (Å²) >= 11 is 0. The zero-order valence-corrected chi connectivity index (χ0v) is 28.0. The third-order valence-electron chi connectivity index (χ3n) is 9.47. The molecule has 0 bridgehead atoms. The molecule has 0 unspecified atom stereocenters. The van der Waals surface area contributed by atoms with E-state index in [1.807, 2.05) is 0 Å². The Morgan fingerprint density at radius 1 is 0.537 bits per heavy atom. The molecule has 0 aromatic heterocycles. The highest BCUT2D eigenvalue weighted by Gasteiger charge is 2.54. The first-order valence-electron chi connectivity index (χ1n) is 16.7. The molecule has 4 saturated heterocycles. The van der Waals surface area contributed by atoms with Gasteiger partial charge in [-0.15, -0.1) is 0 Å². The Labute approximate surface area is 304 Å². The van der Waals surface area contributed by atoms with Gasteiger partial charge < -0.3 is 104 Å². The van der Waals surface area contributed by atoms with Gasteiger partial charge in [-0.25, -0.2) is 0 Å². The minimum Gasteiger partial charge on any atom is -0.455 e. The molecule has 0 amide bonds. The highest BCUT2D eigenvalue weighted by Crippen LogP contribution is 2.34. The van der Waals surface area contributed by atoms with Gasteiger partial charge in [-0.3, -0.25) is 10.1 Å². The number of hydrogen-bond acceptors (Lipinski definition) is 23. The molecule has 308 valence electrons. The predicted octanol–water partition coefficient (Wildman–Crippen LogP) is -7.75. The summed E-state index contributed by atoms with van der Waals surface area (Å²) in [7, 11) is 0. The number of nitrogens with zero attached hydrogens (tertiary/aromatic N) is 1. The first kappa shape index (κ1) is 42.8. The Balaban J connectivity index is 1.27. The number of aliphatic hydroxyl groups excluding tert-OH is 13. The summed E-state index contributed by atoms with van der Waals surface area (Å²) in [6, 6.07) is 5.04. The average molecular weight is 788 g/mol. The molecule has 1 aromatic rings. The highest BCUT2D eigenvalue weighted by atomic mass is 16.8. The van der Waals surface area contributed by atoms with E-state index in [4.69, 9.17) is 37.9 Å². The van der Waals surface area contributed by atoms with Gasteiger partial charge in [0, 0.05) is 6.07 Å². The van der Waals surface area contributed by atoms with Crippen molar-refractivity contribution in [2.24, 2.45) is 0 Å². The normalized spacial score (nSPS) is 45.9. The monoisotopic (exact) mass is 787 g/mol.